The number of aliphatic hydroxyl groups excluding tert-OH is 1. The van der Waals surface area contributed by atoms with E-state index >= 15 is 0 Å². The van der Waals surface area contributed by atoms with E-state index in [1.54, 1.807) is 0 Å². The van der Waals surface area contributed by atoms with Gasteiger partial charge in [-0.25, -0.2) is 4.98 Å². The van der Waals surface area contributed by atoms with Crippen molar-refractivity contribution in [3.05, 3.63) is 103 Å². The zero-order chi connectivity index (χ0) is 37.7. The Morgan fingerprint density at radius 1 is 0.923 bits per heavy atom. The van der Waals surface area contributed by atoms with Crippen LogP contribution in [0.1, 0.15) is 113 Å². The van der Waals surface area contributed by atoms with Gasteiger partial charge >= 0.3 is 0 Å². The number of nitrogens with zero attached hydrogens (tertiary/aromatic N) is 2. The summed E-state index contributed by atoms with van der Waals surface area (Å²) in [7, 11) is 4.24. The molecule has 5 aromatic rings. The van der Waals surface area contributed by atoms with Gasteiger partial charge < -0.3 is 14.1 Å². The Balaban J connectivity index is 0.000000347. The van der Waals surface area contributed by atoms with Gasteiger partial charge in [0.25, 0.3) is 0 Å². The molecule has 281 valence electrons. The summed E-state index contributed by atoms with van der Waals surface area (Å²) in [5.41, 5.74) is 5.33. The van der Waals surface area contributed by atoms with Crippen molar-refractivity contribution in [2.75, 3.05) is 0 Å². The number of benzene rings is 2. The first-order valence-corrected chi connectivity index (χ1v) is 18.7. The van der Waals surface area contributed by atoms with Gasteiger partial charge in [0.05, 0.1) is 11.9 Å². The SMILES string of the molecule is CCC(C)(CC)C(=O)/C=C(\O)C(C)(CC)CC.[CH2-][n+]1ccc(-c2ccc3cc(CC(C)C)oc3n2)cc1-c1[c-]c2ccccc2c(C(C)(C)C)c1.[Ir]. The van der Waals surface area contributed by atoms with Crippen LogP contribution in [0.15, 0.2) is 83.1 Å². The molecule has 0 unspecified atom stereocenters. The Kier molecular flexibility index (Phi) is 14.3. The van der Waals surface area contributed by atoms with Gasteiger partial charge in [0.2, 0.25) is 5.71 Å². The molecule has 5 nitrogen and oxygen atoms in total. The van der Waals surface area contributed by atoms with E-state index in [4.69, 9.17) is 9.40 Å². The minimum atomic E-state index is -0.337. The van der Waals surface area contributed by atoms with Crippen molar-refractivity contribution in [2.24, 2.45) is 16.7 Å². The quantitative estimate of drug-likeness (QED) is 0.0621. The predicted molar refractivity (Wildman–Crippen MR) is 213 cm³/mol. The third kappa shape index (κ3) is 9.62. The first kappa shape index (κ1) is 42.7. The van der Waals surface area contributed by atoms with Crippen molar-refractivity contribution in [3.8, 4) is 22.5 Å². The van der Waals surface area contributed by atoms with Crippen LogP contribution < -0.4 is 4.57 Å². The second-order valence-electron chi connectivity index (χ2n) is 16.0. The molecular weight excluding hydrogens is 821 g/mol. The minimum absolute atomic E-state index is 0. The molecular formula is C46H59IrN2O3-. The molecule has 1 N–H and O–H groups in total. The number of pyridine rings is 2. The van der Waals surface area contributed by atoms with Gasteiger partial charge in [-0.2, -0.15) is 0 Å². The fraction of sp³-hybridized carbons (Fsp3) is 0.435. The number of ketones is 1. The van der Waals surface area contributed by atoms with Crippen molar-refractivity contribution in [3.63, 3.8) is 0 Å². The van der Waals surface area contributed by atoms with E-state index in [0.717, 1.165) is 71.2 Å². The van der Waals surface area contributed by atoms with Crippen LogP contribution in [0, 0.1) is 29.9 Å². The van der Waals surface area contributed by atoms with Gasteiger partial charge in [-0.05, 0) is 72.9 Å². The average molecular weight is 880 g/mol. The zero-order valence-electron chi connectivity index (χ0n) is 33.2. The van der Waals surface area contributed by atoms with E-state index in [2.05, 4.69) is 102 Å². The van der Waals surface area contributed by atoms with Crippen molar-refractivity contribution < 1.29 is 39.0 Å². The third-order valence-electron chi connectivity index (χ3n) is 10.8. The predicted octanol–water partition coefficient (Wildman–Crippen LogP) is 12.2. The number of fused-ring (bicyclic) bond motifs is 2. The van der Waals surface area contributed by atoms with Gasteiger partial charge in [0, 0.05) is 55.9 Å². The van der Waals surface area contributed by atoms with Crippen LogP contribution in [0.3, 0.4) is 0 Å². The number of aromatic nitrogens is 2. The molecule has 5 rings (SSSR count). The standard InChI is InChI=1S/C31H31N2O.C15H28O2.Ir/c1-20(2)15-25-17-23-11-12-28(32-30(23)34-25)22-13-14-33(6)29(19-22)24-16-21-9-7-8-10-26(21)27(18-24)31(3,4)5;1-7-14(5,8-2)12(16)11-13(17)15(6,9-3)10-4;/h7-14,17-20H,6,15H2,1-5H3;11,16H,7-10H2,1-6H3;/q-1;;/b;12-11-;. The molecule has 0 saturated heterocycles. The number of carbonyl (C=O) groups is 1. The van der Waals surface area contributed by atoms with Crippen molar-refractivity contribution in [1.82, 2.24) is 4.98 Å². The van der Waals surface area contributed by atoms with Crippen LogP contribution in [-0.2, 0) is 36.7 Å². The number of aliphatic hydroxyl groups is 1. The largest absolute Gasteiger partial charge is 0.512 e. The van der Waals surface area contributed by atoms with E-state index in [1.165, 1.54) is 17.0 Å². The molecule has 0 saturated carbocycles. The maximum absolute atomic E-state index is 12.2. The second-order valence-corrected chi connectivity index (χ2v) is 16.0. The Labute approximate surface area is 326 Å². The topological polar surface area (TPSA) is 67.2 Å². The summed E-state index contributed by atoms with van der Waals surface area (Å²) < 4.78 is 7.95. The molecule has 0 bridgehead atoms. The van der Waals surface area contributed by atoms with Crippen LogP contribution in [0.4, 0.5) is 0 Å². The van der Waals surface area contributed by atoms with Crippen LogP contribution in [-0.4, -0.2) is 15.9 Å². The van der Waals surface area contributed by atoms with E-state index in [-0.39, 0.29) is 47.9 Å². The first-order chi connectivity index (χ1) is 24.0. The molecule has 1 radical (unpaired) electrons. The summed E-state index contributed by atoms with van der Waals surface area (Å²) in [5.74, 6) is 1.81. The molecule has 3 aromatic heterocycles. The molecule has 0 atom stereocenters. The van der Waals surface area contributed by atoms with Crippen LogP contribution in [0.25, 0.3) is 44.4 Å². The maximum atomic E-state index is 12.2. The number of hydrogen-bond acceptors (Lipinski definition) is 4. The fourth-order valence-electron chi connectivity index (χ4n) is 6.23. The summed E-state index contributed by atoms with van der Waals surface area (Å²) in [5, 5.41) is 13.5. The Hall–Kier alpha value is -3.73. The van der Waals surface area contributed by atoms with Gasteiger partial charge in [-0.1, -0.05) is 105 Å². The summed E-state index contributed by atoms with van der Waals surface area (Å²) in [6.07, 6.45) is 7.66. The number of rotatable bonds is 11. The van der Waals surface area contributed by atoms with Gasteiger partial charge in [0.15, 0.2) is 5.78 Å². The summed E-state index contributed by atoms with van der Waals surface area (Å²) in [6.45, 7) is 23.2. The maximum Gasteiger partial charge on any atom is 0.226 e. The van der Waals surface area contributed by atoms with Crippen molar-refractivity contribution in [1.29, 1.82) is 0 Å². The van der Waals surface area contributed by atoms with E-state index in [9.17, 15) is 9.90 Å². The van der Waals surface area contributed by atoms with E-state index < -0.39 is 0 Å². The summed E-state index contributed by atoms with van der Waals surface area (Å²) >= 11 is 0. The molecule has 0 fully saturated rings. The number of furan rings is 1. The van der Waals surface area contributed by atoms with E-state index in [1.807, 2.05) is 58.4 Å². The molecule has 3 heterocycles. The summed E-state index contributed by atoms with van der Waals surface area (Å²) in [4.78, 5) is 17.0. The van der Waals surface area contributed by atoms with Crippen LogP contribution in [0.5, 0.6) is 0 Å². The number of allylic oxidation sites excluding steroid dienone is 2. The normalized spacial score (nSPS) is 12.5. The molecule has 0 aliphatic carbocycles. The number of hydrogen-bond donors (Lipinski definition) is 1. The average Bonchev–Trinajstić information content (AvgIpc) is 3.51. The van der Waals surface area contributed by atoms with Gasteiger partial charge in [-0.15, -0.1) is 29.1 Å². The van der Waals surface area contributed by atoms with Gasteiger partial charge in [-0.3, -0.25) is 4.79 Å². The monoisotopic (exact) mass is 880 g/mol. The fourth-order valence-corrected chi connectivity index (χ4v) is 6.23. The molecule has 52 heavy (non-hydrogen) atoms. The molecule has 6 heteroatoms. The van der Waals surface area contributed by atoms with Crippen LogP contribution in [0.2, 0.25) is 0 Å². The third-order valence-corrected chi connectivity index (χ3v) is 10.8. The summed E-state index contributed by atoms with van der Waals surface area (Å²) in [6, 6.07) is 24.8. The Morgan fingerprint density at radius 2 is 1.56 bits per heavy atom. The van der Waals surface area contributed by atoms with Crippen molar-refractivity contribution >= 4 is 27.7 Å². The molecule has 0 aliphatic heterocycles. The Bertz CT molecular complexity index is 2010. The number of carbonyl (C=O) groups excluding carboxylic acids is 1. The molecule has 0 amide bonds. The molecule has 2 aromatic carbocycles. The van der Waals surface area contributed by atoms with Crippen molar-refractivity contribution in [2.45, 2.75) is 114 Å². The minimum Gasteiger partial charge on any atom is -0.512 e. The molecule has 0 aliphatic rings. The molecule has 0 spiro atoms. The Morgan fingerprint density at radius 3 is 2.15 bits per heavy atom. The van der Waals surface area contributed by atoms with Gasteiger partial charge in [0.1, 0.15) is 17.2 Å². The smallest absolute Gasteiger partial charge is 0.226 e. The second kappa shape index (κ2) is 17.4. The first-order valence-electron chi connectivity index (χ1n) is 18.7. The zero-order valence-corrected chi connectivity index (χ0v) is 35.6. The van der Waals surface area contributed by atoms with E-state index in [0.29, 0.717) is 11.6 Å². The van der Waals surface area contributed by atoms with Crippen LogP contribution >= 0.6 is 0 Å².